The fourth-order valence-corrected chi connectivity index (χ4v) is 3.87. The molecule has 0 spiro atoms. The highest BCUT2D eigenvalue weighted by Crippen LogP contribution is 2.47. The van der Waals surface area contributed by atoms with Crippen molar-refractivity contribution >= 4 is 30.1 Å². The Labute approximate surface area is 257 Å². The first-order chi connectivity index (χ1) is 20.0. The Balaban J connectivity index is 0.000000248. The smallest absolute Gasteiger partial charge is 0.351 e. The number of aliphatic hydroxyl groups is 2. The Hall–Kier alpha value is -2.57. The summed E-state index contributed by atoms with van der Waals surface area (Å²) in [7, 11) is -1.39. The molecule has 6 atom stereocenters. The van der Waals surface area contributed by atoms with Crippen LogP contribution in [0.15, 0.2) is 34.1 Å². The van der Waals surface area contributed by atoms with Crippen LogP contribution in [0, 0.1) is 5.92 Å². The second kappa shape index (κ2) is 13.8. The van der Waals surface area contributed by atoms with Gasteiger partial charge in [0.15, 0.2) is 13.5 Å². The van der Waals surface area contributed by atoms with Gasteiger partial charge < -0.3 is 31.2 Å². The summed E-state index contributed by atoms with van der Waals surface area (Å²) in [6.45, 7) is 13.4. The molecule has 2 saturated heterocycles. The minimum atomic E-state index is -3.71. The van der Waals surface area contributed by atoms with Gasteiger partial charge in [-0.25, -0.2) is 18.4 Å². The van der Waals surface area contributed by atoms with Crippen LogP contribution in [0.25, 0.3) is 0 Å². The Morgan fingerprint density at radius 3 is 1.64 bits per heavy atom. The molecular weight excluding hydrogens is 632 g/mol. The van der Waals surface area contributed by atoms with E-state index in [0.717, 1.165) is 16.8 Å². The molecule has 0 saturated carbocycles. The van der Waals surface area contributed by atoms with Crippen molar-refractivity contribution in [1.82, 2.24) is 19.1 Å². The van der Waals surface area contributed by atoms with Gasteiger partial charge >= 0.3 is 17.3 Å². The van der Waals surface area contributed by atoms with Gasteiger partial charge in [-0.3, -0.25) is 9.13 Å². The van der Waals surface area contributed by atoms with Crippen LogP contribution < -0.4 is 22.8 Å². The van der Waals surface area contributed by atoms with Crippen molar-refractivity contribution in [3.63, 3.8) is 0 Å². The summed E-state index contributed by atoms with van der Waals surface area (Å²) in [4.78, 5) is 29.7. The number of nitrogen functional groups attached to an aromatic ring is 2. The maximum absolute atomic E-state index is 14.1. The molecule has 4 heterocycles. The normalized spacial score (nSPS) is 27.6. The number of hydrogen-bond donors (Lipinski definition) is 4. The van der Waals surface area contributed by atoms with E-state index < -0.39 is 73.9 Å². The monoisotopic (exact) mass is 672 g/mol. The van der Waals surface area contributed by atoms with Crippen molar-refractivity contribution in [1.29, 1.82) is 0 Å². The predicted octanol–water partition coefficient (Wildman–Crippen LogP) is 3.35. The summed E-state index contributed by atoms with van der Waals surface area (Å²) in [6.07, 6.45) is -5.22. The van der Waals surface area contributed by atoms with Crippen LogP contribution in [0.5, 0.6) is 0 Å². The lowest BCUT2D eigenvalue weighted by Crippen LogP contribution is -2.41. The van der Waals surface area contributed by atoms with E-state index in [1.54, 1.807) is 6.92 Å². The molecule has 44 heavy (non-hydrogen) atoms. The number of nitrogens with zero attached hydrogens (tertiary/aromatic N) is 4. The summed E-state index contributed by atoms with van der Waals surface area (Å²) in [5.74, 6) is -7.89. The molecule has 12 nitrogen and oxygen atoms in total. The van der Waals surface area contributed by atoms with Gasteiger partial charge in [0.2, 0.25) is 12.5 Å². The van der Waals surface area contributed by atoms with Gasteiger partial charge in [0.25, 0.3) is 5.92 Å². The highest BCUT2D eigenvalue weighted by atomic mass is 35.6. The van der Waals surface area contributed by atoms with E-state index in [1.807, 2.05) is 0 Å². The number of rotatable bonds is 4. The molecule has 0 radical (unpaired) electrons. The maximum atomic E-state index is 14.1. The molecule has 2 aromatic heterocycles. The highest BCUT2D eigenvalue weighted by molar-refractivity contribution is 7.20. The molecule has 0 amide bonds. The fourth-order valence-electron chi connectivity index (χ4n) is 3.87. The molecule has 2 aromatic rings. The summed E-state index contributed by atoms with van der Waals surface area (Å²) >= 11 is 6.15. The Morgan fingerprint density at radius 2 is 1.34 bits per heavy atom. The van der Waals surface area contributed by atoms with Gasteiger partial charge in [-0.15, -0.1) is 0 Å². The van der Waals surface area contributed by atoms with Gasteiger partial charge in [0.1, 0.15) is 17.7 Å². The number of aromatic nitrogens is 4. The van der Waals surface area contributed by atoms with Crippen molar-refractivity contribution in [2.45, 2.75) is 102 Å². The minimum absolute atomic E-state index is 0.00217. The molecule has 0 aliphatic carbocycles. The Kier molecular flexibility index (Phi) is 11.8. The number of hydrogen-bond acceptors (Lipinski definition) is 10. The lowest BCUT2D eigenvalue weighted by molar-refractivity contribution is -0.140. The molecule has 2 aliphatic heterocycles. The molecule has 0 unspecified atom stereocenters. The lowest BCUT2D eigenvalue weighted by atomic mass is 9.98. The number of nitrogens with two attached hydrogens (primary N) is 2. The van der Waals surface area contributed by atoms with Gasteiger partial charge in [-0.2, -0.15) is 29.8 Å². The molecule has 2 aliphatic rings. The number of alkyl halides is 4. The van der Waals surface area contributed by atoms with Crippen LogP contribution in [0.3, 0.4) is 0 Å². The van der Waals surface area contributed by atoms with Crippen LogP contribution in [0.1, 0.15) is 53.5 Å². The minimum Gasteiger partial charge on any atom is -0.394 e. The number of anilines is 2. The molecule has 18 heteroatoms. The van der Waals surface area contributed by atoms with Crippen LogP contribution in [-0.2, 0) is 9.47 Å². The second-order valence-electron chi connectivity index (χ2n) is 12.0. The SMILES string of the molecule is CC(C)(C)[Si](C)(C)Cl.CC[C@H]1O[C@@H](n2ccc(N)nc2=O)C(F)(F)[C@H]1C.Nc1ccn([C@@H]2O[C@H](CO)[C@H](O)C2(F)F)c(=O)n1. The highest BCUT2D eigenvalue weighted by Gasteiger charge is 2.59. The summed E-state index contributed by atoms with van der Waals surface area (Å²) in [5, 5.41) is 18.4. The van der Waals surface area contributed by atoms with Crippen molar-refractivity contribution in [2.75, 3.05) is 18.1 Å². The van der Waals surface area contributed by atoms with Crippen LogP contribution in [0.2, 0.25) is 18.1 Å². The van der Waals surface area contributed by atoms with E-state index in [1.165, 1.54) is 19.2 Å². The topological polar surface area (TPSA) is 181 Å². The van der Waals surface area contributed by atoms with Crippen molar-refractivity contribution < 1.29 is 37.2 Å². The maximum Gasteiger partial charge on any atom is 0.351 e. The third kappa shape index (κ3) is 8.17. The standard InChI is InChI=1S/C11H15F2N3O2.C9H11F2N3O4.C6H15ClSi/c1-3-7-6(2)11(12,13)9(18-7)16-5-4-8(14)15-10(16)17;10-9(11)6(16)4(3-15)18-7(9)14-2-1-5(12)13-8(14)17;1-6(2,3)8(4,5)7/h4-7,9H,3H2,1-2H3,(H2,14,15,17);1-2,4,6-7,15-16H,3H2,(H2,12,13,17);1-5H3/t6-,7+,9+;4-,6+,7-;/m01./s1. The first kappa shape index (κ1) is 37.6. The van der Waals surface area contributed by atoms with Gasteiger partial charge in [0.05, 0.1) is 18.6 Å². The van der Waals surface area contributed by atoms with E-state index >= 15 is 0 Å². The summed E-state index contributed by atoms with van der Waals surface area (Å²) in [5.41, 5.74) is 8.70. The number of ether oxygens (including phenoxy) is 2. The fraction of sp³-hybridized carbons (Fsp3) is 0.692. The molecule has 0 bridgehead atoms. The van der Waals surface area contributed by atoms with Crippen LogP contribution in [0.4, 0.5) is 29.2 Å². The van der Waals surface area contributed by atoms with Gasteiger partial charge in [0, 0.05) is 12.4 Å². The van der Waals surface area contributed by atoms with E-state index in [9.17, 15) is 32.3 Å². The van der Waals surface area contributed by atoms with Crippen LogP contribution in [-0.4, -0.2) is 73.5 Å². The summed E-state index contributed by atoms with van der Waals surface area (Å²) < 4.78 is 66.9. The zero-order chi connectivity index (χ0) is 34.0. The van der Waals surface area contributed by atoms with E-state index in [4.69, 9.17) is 37.1 Å². The average Bonchev–Trinajstić information content (AvgIpc) is 3.26. The predicted molar refractivity (Wildman–Crippen MR) is 159 cm³/mol. The Morgan fingerprint density at radius 1 is 0.955 bits per heavy atom. The molecule has 250 valence electrons. The summed E-state index contributed by atoms with van der Waals surface area (Å²) in [6, 6.07) is 2.45. The Bertz CT molecular complexity index is 1280. The van der Waals surface area contributed by atoms with Gasteiger partial charge in [-0.05, 0) is 23.6 Å². The van der Waals surface area contributed by atoms with Crippen LogP contribution >= 0.6 is 11.1 Å². The largest absolute Gasteiger partial charge is 0.394 e. The van der Waals surface area contributed by atoms with E-state index in [-0.39, 0.29) is 11.6 Å². The van der Waals surface area contributed by atoms with Crippen molar-refractivity contribution in [3.8, 4) is 0 Å². The zero-order valence-electron chi connectivity index (χ0n) is 25.5. The third-order valence-corrected chi connectivity index (χ3v) is 13.0. The molecule has 6 N–H and O–H groups in total. The van der Waals surface area contributed by atoms with Gasteiger partial charge in [-0.1, -0.05) is 47.7 Å². The molecular formula is C26H41ClF4N6O6Si. The van der Waals surface area contributed by atoms with Crippen molar-refractivity contribution in [3.05, 3.63) is 45.5 Å². The number of aliphatic hydroxyl groups excluding tert-OH is 2. The molecule has 4 rings (SSSR count). The second-order valence-corrected chi connectivity index (χ2v) is 19.3. The third-order valence-electron chi connectivity index (χ3n) is 7.75. The average molecular weight is 673 g/mol. The molecule has 0 aromatic carbocycles. The van der Waals surface area contributed by atoms with E-state index in [0.29, 0.717) is 16.0 Å². The van der Waals surface area contributed by atoms with Crippen molar-refractivity contribution in [2.24, 2.45) is 5.92 Å². The quantitative estimate of drug-likeness (QED) is 0.214. The lowest BCUT2D eigenvalue weighted by Gasteiger charge is -2.29. The first-order valence-electron chi connectivity index (χ1n) is 13.7. The first-order valence-corrected chi connectivity index (χ1v) is 17.8. The number of halogens is 5. The van der Waals surface area contributed by atoms with E-state index in [2.05, 4.69) is 43.8 Å². The zero-order valence-corrected chi connectivity index (χ0v) is 27.3. The molecule has 2 fully saturated rings.